The number of ether oxygens (including phenoxy) is 2. The summed E-state index contributed by atoms with van der Waals surface area (Å²) < 4.78 is 21.6. The van der Waals surface area contributed by atoms with E-state index in [0.717, 1.165) is 22.1 Å². The molecule has 40 heavy (non-hydrogen) atoms. The van der Waals surface area contributed by atoms with Crippen molar-refractivity contribution in [1.29, 1.82) is 5.26 Å². The van der Waals surface area contributed by atoms with Crippen LogP contribution in [-0.2, 0) is 14.3 Å². The SMILES string of the molecule is Cc1cc(=O)oc2cc(OCC(=O)OCC(=O)Nc3oc(-c4ccccc4)c(-c4ccccc4)c3C#N)ccc12. The number of carbonyl (C=O) groups excluding carboxylic acids is 2. The number of furan rings is 1. The number of nitrogens with one attached hydrogen (secondary N) is 1. The van der Waals surface area contributed by atoms with Crippen LogP contribution < -0.4 is 15.7 Å². The Morgan fingerprint density at radius 3 is 2.30 bits per heavy atom. The van der Waals surface area contributed by atoms with Gasteiger partial charge in [0.2, 0.25) is 5.88 Å². The molecule has 0 saturated carbocycles. The van der Waals surface area contributed by atoms with E-state index in [1.807, 2.05) is 60.7 Å². The number of carbonyl (C=O) groups is 2. The minimum atomic E-state index is -0.796. The number of hydrogen-bond donors (Lipinski definition) is 1. The minimum absolute atomic E-state index is 0.0505. The zero-order valence-electron chi connectivity index (χ0n) is 21.3. The first-order valence-electron chi connectivity index (χ1n) is 12.2. The average molecular weight is 535 g/mol. The summed E-state index contributed by atoms with van der Waals surface area (Å²) in [6, 6.07) is 26.8. The van der Waals surface area contributed by atoms with Crippen molar-refractivity contribution >= 4 is 28.7 Å². The van der Waals surface area contributed by atoms with E-state index >= 15 is 0 Å². The molecule has 0 saturated heterocycles. The Hall–Kier alpha value is -5.62. The summed E-state index contributed by atoms with van der Waals surface area (Å²) in [7, 11) is 0. The lowest BCUT2D eigenvalue weighted by atomic mass is 9.98. The molecular weight excluding hydrogens is 512 g/mol. The molecule has 2 heterocycles. The number of amides is 1. The van der Waals surface area contributed by atoms with Gasteiger partial charge in [-0.05, 0) is 30.2 Å². The summed E-state index contributed by atoms with van der Waals surface area (Å²) in [6.07, 6.45) is 0. The van der Waals surface area contributed by atoms with Gasteiger partial charge in [-0.3, -0.25) is 10.1 Å². The van der Waals surface area contributed by atoms with E-state index in [1.165, 1.54) is 12.1 Å². The van der Waals surface area contributed by atoms with Crippen molar-refractivity contribution < 1.29 is 27.9 Å². The molecule has 0 unspecified atom stereocenters. The van der Waals surface area contributed by atoms with E-state index in [1.54, 1.807) is 19.1 Å². The second kappa shape index (κ2) is 11.4. The number of aryl methyl sites for hydroxylation is 1. The van der Waals surface area contributed by atoms with Crippen LogP contribution in [0, 0.1) is 18.3 Å². The second-order valence-electron chi connectivity index (χ2n) is 8.76. The topological polar surface area (TPSA) is 132 Å². The van der Waals surface area contributed by atoms with Crippen LogP contribution in [0.2, 0.25) is 0 Å². The molecule has 5 aromatic rings. The predicted molar refractivity (Wildman–Crippen MR) is 147 cm³/mol. The molecule has 9 heteroatoms. The van der Waals surface area contributed by atoms with E-state index in [9.17, 15) is 19.6 Å². The highest BCUT2D eigenvalue weighted by Gasteiger charge is 2.24. The molecule has 0 fully saturated rings. The van der Waals surface area contributed by atoms with Crippen LogP contribution in [-0.4, -0.2) is 25.1 Å². The van der Waals surface area contributed by atoms with Crippen molar-refractivity contribution in [3.63, 3.8) is 0 Å². The number of esters is 1. The summed E-state index contributed by atoms with van der Waals surface area (Å²) in [4.78, 5) is 36.5. The van der Waals surface area contributed by atoms with Gasteiger partial charge in [0.15, 0.2) is 13.2 Å². The second-order valence-corrected chi connectivity index (χ2v) is 8.76. The van der Waals surface area contributed by atoms with Gasteiger partial charge in [-0.1, -0.05) is 60.7 Å². The lowest BCUT2D eigenvalue weighted by molar-refractivity contribution is -0.149. The molecule has 0 atom stereocenters. The maximum absolute atomic E-state index is 12.6. The van der Waals surface area contributed by atoms with Crippen molar-refractivity contribution in [2.45, 2.75) is 6.92 Å². The van der Waals surface area contributed by atoms with Crippen molar-refractivity contribution in [2.75, 3.05) is 18.5 Å². The predicted octanol–water partition coefficient (Wildman–Crippen LogP) is 5.46. The van der Waals surface area contributed by atoms with Gasteiger partial charge >= 0.3 is 11.6 Å². The Bertz CT molecular complexity index is 1800. The van der Waals surface area contributed by atoms with Gasteiger partial charge in [0.05, 0.1) is 0 Å². The number of rotatable bonds is 8. The standard InChI is InChI=1S/C31H22N2O7/c1-19-14-27(35)39-25-15-22(12-13-23(19)25)37-18-28(36)38-17-26(34)33-31-24(16-32)29(20-8-4-2-5-9-20)30(40-31)21-10-6-3-7-11-21/h2-15H,17-18H2,1H3,(H,33,34). The molecule has 0 spiro atoms. The third kappa shape index (κ3) is 5.61. The monoisotopic (exact) mass is 534 g/mol. The van der Waals surface area contributed by atoms with Crippen LogP contribution in [0.25, 0.3) is 33.4 Å². The third-order valence-corrected chi connectivity index (χ3v) is 6.02. The zero-order valence-corrected chi connectivity index (χ0v) is 21.3. The summed E-state index contributed by atoms with van der Waals surface area (Å²) in [5, 5.41) is 13.2. The molecule has 3 aromatic carbocycles. The van der Waals surface area contributed by atoms with Gasteiger partial charge in [-0.25, -0.2) is 9.59 Å². The number of fused-ring (bicyclic) bond motifs is 1. The fourth-order valence-corrected chi connectivity index (χ4v) is 4.19. The molecule has 1 N–H and O–H groups in total. The van der Waals surface area contributed by atoms with Gasteiger partial charge in [-0.15, -0.1) is 0 Å². The Labute approximate surface area is 228 Å². The highest BCUT2D eigenvalue weighted by molar-refractivity contribution is 5.96. The quantitative estimate of drug-likeness (QED) is 0.205. The van der Waals surface area contributed by atoms with Gasteiger partial charge in [0, 0.05) is 28.6 Å². The molecular formula is C31H22N2O7. The van der Waals surface area contributed by atoms with Crippen LogP contribution in [0.1, 0.15) is 11.1 Å². The zero-order chi connectivity index (χ0) is 28.1. The van der Waals surface area contributed by atoms with Gasteiger partial charge in [-0.2, -0.15) is 5.26 Å². The maximum Gasteiger partial charge on any atom is 0.344 e. The molecule has 0 bridgehead atoms. The normalized spacial score (nSPS) is 10.6. The number of nitrogens with zero attached hydrogens (tertiary/aromatic N) is 1. The van der Waals surface area contributed by atoms with Crippen molar-refractivity contribution in [3.8, 4) is 34.3 Å². The molecule has 9 nitrogen and oxygen atoms in total. The van der Waals surface area contributed by atoms with Crippen LogP contribution >= 0.6 is 0 Å². The van der Waals surface area contributed by atoms with Gasteiger partial charge in [0.25, 0.3) is 5.91 Å². The lowest BCUT2D eigenvalue weighted by Gasteiger charge is -2.08. The Morgan fingerprint density at radius 2 is 1.60 bits per heavy atom. The number of benzene rings is 3. The highest BCUT2D eigenvalue weighted by atomic mass is 16.6. The first-order chi connectivity index (χ1) is 19.4. The molecule has 0 aliphatic heterocycles. The van der Waals surface area contributed by atoms with Crippen LogP contribution in [0.5, 0.6) is 5.75 Å². The number of anilines is 1. The Kier molecular flexibility index (Phi) is 7.42. The van der Waals surface area contributed by atoms with Gasteiger partial charge in [0.1, 0.15) is 28.7 Å². The van der Waals surface area contributed by atoms with Crippen LogP contribution in [0.15, 0.2) is 98.6 Å². The van der Waals surface area contributed by atoms with E-state index in [2.05, 4.69) is 11.4 Å². The molecule has 198 valence electrons. The fourth-order valence-electron chi connectivity index (χ4n) is 4.19. The molecule has 1 amide bonds. The molecule has 5 rings (SSSR count). The number of hydrogen-bond acceptors (Lipinski definition) is 8. The van der Waals surface area contributed by atoms with Crippen molar-refractivity contribution in [2.24, 2.45) is 0 Å². The average Bonchev–Trinajstić information content (AvgIpc) is 3.33. The van der Waals surface area contributed by atoms with Crippen LogP contribution in [0.4, 0.5) is 5.88 Å². The molecule has 0 radical (unpaired) electrons. The smallest absolute Gasteiger partial charge is 0.344 e. The van der Waals surface area contributed by atoms with E-state index < -0.39 is 30.7 Å². The Morgan fingerprint density at radius 1 is 0.900 bits per heavy atom. The highest BCUT2D eigenvalue weighted by Crippen LogP contribution is 2.41. The largest absolute Gasteiger partial charge is 0.482 e. The summed E-state index contributed by atoms with van der Waals surface area (Å²) in [6.45, 7) is 0.686. The van der Waals surface area contributed by atoms with Crippen molar-refractivity contribution in [1.82, 2.24) is 0 Å². The molecule has 2 aromatic heterocycles. The lowest BCUT2D eigenvalue weighted by Crippen LogP contribution is -2.23. The fraction of sp³-hybridized carbons (Fsp3) is 0.0968. The first-order valence-corrected chi connectivity index (χ1v) is 12.2. The molecule has 0 aliphatic rings. The third-order valence-electron chi connectivity index (χ3n) is 6.02. The van der Waals surface area contributed by atoms with Crippen LogP contribution in [0.3, 0.4) is 0 Å². The summed E-state index contributed by atoms with van der Waals surface area (Å²) >= 11 is 0. The number of nitriles is 1. The Balaban J connectivity index is 1.26. The maximum atomic E-state index is 12.6. The van der Waals surface area contributed by atoms with Gasteiger partial charge < -0.3 is 18.3 Å². The first kappa shape index (κ1) is 26.0. The summed E-state index contributed by atoms with van der Waals surface area (Å²) in [5.41, 5.74) is 2.75. The van der Waals surface area contributed by atoms with E-state index in [0.29, 0.717) is 22.7 Å². The summed E-state index contributed by atoms with van der Waals surface area (Å²) in [5.74, 6) is -0.827. The minimum Gasteiger partial charge on any atom is -0.482 e. The van der Waals surface area contributed by atoms with Crippen molar-refractivity contribution in [3.05, 3.63) is 106 Å². The molecule has 0 aliphatic carbocycles. The van der Waals surface area contributed by atoms with E-state index in [4.69, 9.17) is 18.3 Å². The van der Waals surface area contributed by atoms with E-state index in [-0.39, 0.29) is 11.4 Å².